The van der Waals surface area contributed by atoms with Crippen molar-refractivity contribution in [1.29, 1.82) is 0 Å². The Hall–Kier alpha value is -3.00. The molecule has 4 rings (SSSR count). The zero-order valence-corrected chi connectivity index (χ0v) is 15.9. The van der Waals surface area contributed by atoms with E-state index in [0.29, 0.717) is 10.7 Å². The summed E-state index contributed by atoms with van der Waals surface area (Å²) >= 11 is 1.34. The molecule has 0 saturated carbocycles. The van der Waals surface area contributed by atoms with Crippen molar-refractivity contribution in [2.45, 2.75) is 26.8 Å². The lowest BCUT2D eigenvalue weighted by molar-refractivity contribution is -0.123. The molecule has 1 aromatic carbocycles. The van der Waals surface area contributed by atoms with Gasteiger partial charge in [0.1, 0.15) is 11.0 Å². The second kappa shape index (κ2) is 6.02. The Balaban J connectivity index is 1.89. The van der Waals surface area contributed by atoms with E-state index in [0.717, 1.165) is 11.0 Å². The largest absolute Gasteiger partial charge is 0.503 e. The van der Waals surface area contributed by atoms with Gasteiger partial charge in [-0.15, -0.1) is 11.3 Å². The first-order valence-corrected chi connectivity index (χ1v) is 9.31. The average Bonchev–Trinajstić information content (AvgIpc) is 3.33. The highest BCUT2D eigenvalue weighted by Crippen LogP contribution is 2.44. The van der Waals surface area contributed by atoms with E-state index in [-0.39, 0.29) is 11.4 Å². The van der Waals surface area contributed by atoms with Crippen molar-refractivity contribution in [1.82, 2.24) is 15.0 Å². The van der Waals surface area contributed by atoms with E-state index in [2.05, 4.69) is 15.0 Å². The molecule has 1 amide bonds. The molecule has 3 aromatic rings. The van der Waals surface area contributed by atoms with Gasteiger partial charge in [-0.1, -0.05) is 20.8 Å². The maximum absolute atomic E-state index is 13.0. The van der Waals surface area contributed by atoms with Crippen LogP contribution in [0.1, 0.15) is 31.8 Å². The number of imidazole rings is 1. The maximum atomic E-state index is 13.0. The van der Waals surface area contributed by atoms with Crippen LogP contribution in [0.2, 0.25) is 0 Å². The number of thiazole rings is 1. The number of Topliss-reactive ketones (excluding diaryl/α,β-unsaturated/α-hetero) is 1. The van der Waals surface area contributed by atoms with Crippen LogP contribution in [0.3, 0.4) is 0 Å². The molecular formula is C19H18N4O3S. The summed E-state index contributed by atoms with van der Waals surface area (Å²) in [5, 5.41) is 12.9. The van der Waals surface area contributed by atoms with Crippen molar-refractivity contribution in [3.8, 4) is 0 Å². The first-order valence-electron chi connectivity index (χ1n) is 8.43. The van der Waals surface area contributed by atoms with Crippen LogP contribution in [0.25, 0.3) is 11.0 Å². The van der Waals surface area contributed by atoms with Gasteiger partial charge >= 0.3 is 0 Å². The highest BCUT2D eigenvalue weighted by Gasteiger charge is 2.47. The lowest BCUT2D eigenvalue weighted by atomic mass is 9.84. The van der Waals surface area contributed by atoms with E-state index in [1.165, 1.54) is 16.2 Å². The zero-order valence-electron chi connectivity index (χ0n) is 15.1. The molecule has 0 saturated heterocycles. The molecule has 1 atom stereocenters. The number of carbonyl (C=O) groups excluding carboxylic acids is 2. The third-order valence-corrected chi connectivity index (χ3v) is 5.33. The molecular weight excluding hydrogens is 364 g/mol. The molecule has 1 aliphatic rings. The molecule has 7 nitrogen and oxygen atoms in total. The summed E-state index contributed by atoms with van der Waals surface area (Å²) in [4.78, 5) is 38.9. The number of ketones is 1. The Labute approximate surface area is 159 Å². The van der Waals surface area contributed by atoms with Crippen molar-refractivity contribution in [3.63, 3.8) is 0 Å². The minimum absolute atomic E-state index is 0.0900. The van der Waals surface area contributed by atoms with Gasteiger partial charge in [0.2, 0.25) is 0 Å². The zero-order chi connectivity index (χ0) is 19.3. The minimum atomic E-state index is -0.760. The summed E-state index contributed by atoms with van der Waals surface area (Å²) in [6.45, 7) is 5.29. The predicted molar refractivity (Wildman–Crippen MR) is 103 cm³/mol. The van der Waals surface area contributed by atoms with E-state index in [1.54, 1.807) is 56.9 Å². The number of hydrogen-bond donors (Lipinski definition) is 2. The third kappa shape index (κ3) is 2.73. The van der Waals surface area contributed by atoms with Gasteiger partial charge in [-0.3, -0.25) is 14.5 Å². The van der Waals surface area contributed by atoms with Crippen LogP contribution in [-0.2, 0) is 9.59 Å². The number of H-pyrrole nitrogens is 1. The average molecular weight is 382 g/mol. The molecule has 0 spiro atoms. The number of aromatic amines is 1. The Morgan fingerprint density at radius 3 is 2.74 bits per heavy atom. The van der Waals surface area contributed by atoms with Gasteiger partial charge in [-0.05, 0) is 18.2 Å². The van der Waals surface area contributed by atoms with E-state index in [1.807, 2.05) is 0 Å². The number of rotatable bonds is 3. The van der Waals surface area contributed by atoms with Gasteiger partial charge in [0, 0.05) is 22.7 Å². The topological polar surface area (TPSA) is 99.2 Å². The maximum Gasteiger partial charge on any atom is 0.294 e. The fourth-order valence-electron chi connectivity index (χ4n) is 3.18. The number of fused-ring (bicyclic) bond motifs is 1. The Bertz CT molecular complexity index is 1080. The fraction of sp³-hybridized carbons (Fsp3) is 0.263. The van der Waals surface area contributed by atoms with Crippen molar-refractivity contribution in [2.75, 3.05) is 4.90 Å². The summed E-state index contributed by atoms with van der Waals surface area (Å²) in [5.41, 5.74) is 1.42. The number of benzene rings is 1. The number of aromatic nitrogens is 3. The summed E-state index contributed by atoms with van der Waals surface area (Å²) in [6.07, 6.45) is 3.19. The van der Waals surface area contributed by atoms with Gasteiger partial charge in [0.25, 0.3) is 5.91 Å². The van der Waals surface area contributed by atoms with Crippen molar-refractivity contribution in [2.24, 2.45) is 5.41 Å². The Morgan fingerprint density at radius 1 is 1.30 bits per heavy atom. The monoisotopic (exact) mass is 382 g/mol. The van der Waals surface area contributed by atoms with Crippen molar-refractivity contribution < 1.29 is 14.7 Å². The van der Waals surface area contributed by atoms with Gasteiger partial charge in [-0.2, -0.15) is 0 Å². The quantitative estimate of drug-likeness (QED) is 0.722. The molecule has 2 aromatic heterocycles. The Kier molecular flexibility index (Phi) is 3.88. The Morgan fingerprint density at radius 2 is 2.07 bits per heavy atom. The molecule has 2 N–H and O–H groups in total. The molecule has 138 valence electrons. The molecule has 3 heterocycles. The van der Waals surface area contributed by atoms with E-state index in [9.17, 15) is 14.7 Å². The number of carbonyl (C=O) groups is 2. The molecule has 8 heteroatoms. The van der Waals surface area contributed by atoms with Crippen LogP contribution in [0.5, 0.6) is 0 Å². The van der Waals surface area contributed by atoms with Crippen LogP contribution < -0.4 is 4.90 Å². The lowest BCUT2D eigenvalue weighted by Crippen LogP contribution is -2.32. The second-order valence-electron chi connectivity index (χ2n) is 7.39. The number of nitrogens with zero attached hydrogens (tertiary/aromatic N) is 3. The number of aliphatic hydroxyl groups excluding tert-OH is 1. The third-order valence-electron chi connectivity index (χ3n) is 4.50. The summed E-state index contributed by atoms with van der Waals surface area (Å²) < 4.78 is 0. The second-order valence-corrected chi connectivity index (χ2v) is 8.32. The van der Waals surface area contributed by atoms with Gasteiger partial charge in [0.05, 0.1) is 22.9 Å². The van der Waals surface area contributed by atoms with Crippen LogP contribution in [-0.4, -0.2) is 31.7 Å². The molecule has 0 radical (unpaired) electrons. The van der Waals surface area contributed by atoms with Crippen LogP contribution >= 0.6 is 11.3 Å². The van der Waals surface area contributed by atoms with Gasteiger partial charge < -0.3 is 10.1 Å². The summed E-state index contributed by atoms with van der Waals surface area (Å²) in [7, 11) is 0. The van der Waals surface area contributed by atoms with Crippen LogP contribution in [0, 0.1) is 5.41 Å². The molecule has 1 unspecified atom stereocenters. The summed E-state index contributed by atoms with van der Waals surface area (Å²) in [6, 6.07) is 4.55. The minimum Gasteiger partial charge on any atom is -0.503 e. The highest BCUT2D eigenvalue weighted by atomic mass is 32.1. The smallest absolute Gasteiger partial charge is 0.294 e. The van der Waals surface area contributed by atoms with Crippen molar-refractivity contribution in [3.05, 3.63) is 52.4 Å². The van der Waals surface area contributed by atoms with E-state index in [4.69, 9.17) is 0 Å². The molecule has 0 aliphatic carbocycles. The molecule has 1 aliphatic heterocycles. The number of aliphatic hydroxyl groups is 1. The lowest BCUT2D eigenvalue weighted by Gasteiger charge is -2.27. The highest BCUT2D eigenvalue weighted by molar-refractivity contribution is 7.09. The normalized spacial score (nSPS) is 18.0. The number of hydrogen-bond acceptors (Lipinski definition) is 6. The predicted octanol–water partition coefficient (Wildman–Crippen LogP) is 3.53. The summed E-state index contributed by atoms with van der Waals surface area (Å²) in [5.74, 6) is -1.40. The first kappa shape index (κ1) is 17.4. The van der Waals surface area contributed by atoms with Gasteiger partial charge in [0.15, 0.2) is 11.5 Å². The van der Waals surface area contributed by atoms with E-state index < -0.39 is 23.1 Å². The van der Waals surface area contributed by atoms with Gasteiger partial charge in [-0.25, -0.2) is 9.97 Å². The number of anilines is 1. The number of nitrogens with one attached hydrogen (secondary N) is 1. The molecule has 0 fully saturated rings. The SMILES string of the molecule is CC(C)(C)C(=O)C1=C(O)C(=O)N(c2ccc3nc[nH]c3c2)C1c1nccs1. The molecule has 0 bridgehead atoms. The first-order chi connectivity index (χ1) is 12.8. The standard InChI is InChI=1S/C19H18N4O3S/c1-19(2,3)16(25)13-14(17-20-6-7-27-17)23(18(26)15(13)24)10-4-5-11-12(8-10)22-9-21-11/h4-9,14,24H,1-3H3,(H,21,22). The van der Waals surface area contributed by atoms with Crippen molar-refractivity contribution >= 4 is 39.7 Å². The van der Waals surface area contributed by atoms with Crippen LogP contribution in [0.4, 0.5) is 5.69 Å². The number of amides is 1. The molecule has 27 heavy (non-hydrogen) atoms. The van der Waals surface area contributed by atoms with Crippen LogP contribution in [0.15, 0.2) is 47.4 Å². The fourth-order valence-corrected chi connectivity index (χ4v) is 3.92. The van der Waals surface area contributed by atoms with E-state index >= 15 is 0 Å².